The molecule has 0 aromatic rings. The fourth-order valence-electron chi connectivity index (χ4n) is 0.473. The summed E-state index contributed by atoms with van der Waals surface area (Å²) in [6.45, 7) is 1.64. The summed E-state index contributed by atoms with van der Waals surface area (Å²) in [6, 6.07) is 0. The van der Waals surface area contributed by atoms with Crippen molar-refractivity contribution in [3.05, 3.63) is 0 Å². The molecule has 0 heterocycles. The Bertz CT molecular complexity index is 143. The summed E-state index contributed by atoms with van der Waals surface area (Å²) < 4.78 is 1.65. The van der Waals surface area contributed by atoms with E-state index in [9.17, 15) is 0 Å². The first kappa shape index (κ1) is 15.9. The molecule has 0 radical (unpaired) electrons. The molecule has 2 nitrogen and oxygen atoms in total. The van der Waals surface area contributed by atoms with E-state index in [0.717, 1.165) is 21.7 Å². The third-order valence-electron chi connectivity index (χ3n) is 1.03. The van der Waals surface area contributed by atoms with Crippen LogP contribution in [0.3, 0.4) is 0 Å². The van der Waals surface area contributed by atoms with Crippen molar-refractivity contribution in [2.24, 2.45) is 0 Å². The smallest absolute Gasteiger partial charge is 0.133 e. The van der Waals surface area contributed by atoms with Crippen molar-refractivity contribution in [2.45, 2.75) is 7.43 Å². The molecular formula is C7H16N2S4. The minimum atomic E-state index is 0. The van der Waals surface area contributed by atoms with Gasteiger partial charge in [0.05, 0.1) is 0 Å². The SMILES string of the molecule is C.CSC(=S)NCCNC(=S)SC. The molecule has 0 saturated heterocycles. The second-order valence-corrected chi connectivity index (χ2v) is 4.80. The second kappa shape index (κ2) is 10.6. The second-order valence-electron chi connectivity index (χ2n) is 1.84. The molecule has 0 aromatic heterocycles. The Balaban J connectivity index is 0. The fourth-order valence-corrected chi connectivity index (χ4v) is 1.17. The van der Waals surface area contributed by atoms with Gasteiger partial charge in [0.2, 0.25) is 0 Å². The monoisotopic (exact) mass is 256 g/mol. The molecule has 0 spiro atoms. The lowest BCUT2D eigenvalue weighted by molar-refractivity contribution is 0.833. The third-order valence-corrected chi connectivity index (χ3v) is 3.35. The van der Waals surface area contributed by atoms with Crippen LogP contribution < -0.4 is 10.6 Å². The summed E-state index contributed by atoms with van der Waals surface area (Å²) in [5, 5.41) is 6.15. The standard InChI is InChI=1S/C6H12N2S4.CH4/c1-11-5(9)7-3-4-8-6(10)12-2;/h3-4H2,1-2H3,(H,7,9)(H,8,10);1H4. The summed E-state index contributed by atoms with van der Waals surface area (Å²) in [6.07, 6.45) is 3.91. The summed E-state index contributed by atoms with van der Waals surface area (Å²) in [4.78, 5) is 0. The largest absolute Gasteiger partial charge is 0.369 e. The summed E-state index contributed by atoms with van der Waals surface area (Å²) in [7, 11) is 0. The molecule has 6 heteroatoms. The maximum absolute atomic E-state index is 4.95. The van der Waals surface area contributed by atoms with Crippen LogP contribution in [0.5, 0.6) is 0 Å². The van der Waals surface area contributed by atoms with Crippen molar-refractivity contribution in [2.75, 3.05) is 25.6 Å². The van der Waals surface area contributed by atoms with Crippen molar-refractivity contribution in [1.82, 2.24) is 10.6 Å². The van der Waals surface area contributed by atoms with Crippen LogP contribution in [0, 0.1) is 0 Å². The Morgan fingerprint density at radius 1 is 1.00 bits per heavy atom. The Hall–Kier alpha value is 0.480. The molecule has 0 unspecified atom stereocenters. The molecule has 0 amide bonds. The lowest BCUT2D eigenvalue weighted by Crippen LogP contribution is -2.30. The Labute approximate surface area is 100.0 Å². The van der Waals surface area contributed by atoms with Crippen molar-refractivity contribution < 1.29 is 0 Å². The molecule has 0 aliphatic rings. The molecule has 13 heavy (non-hydrogen) atoms. The number of hydrogen-bond donors (Lipinski definition) is 2. The lowest BCUT2D eigenvalue weighted by Gasteiger charge is -2.06. The van der Waals surface area contributed by atoms with E-state index >= 15 is 0 Å². The quantitative estimate of drug-likeness (QED) is 0.592. The zero-order chi connectivity index (χ0) is 9.40. The average molecular weight is 256 g/mol. The Morgan fingerprint density at radius 3 is 1.54 bits per heavy atom. The van der Waals surface area contributed by atoms with Gasteiger partial charge in [-0.1, -0.05) is 31.9 Å². The highest BCUT2D eigenvalue weighted by atomic mass is 32.2. The van der Waals surface area contributed by atoms with Gasteiger partial charge < -0.3 is 10.6 Å². The van der Waals surface area contributed by atoms with E-state index in [4.69, 9.17) is 24.4 Å². The molecule has 0 rings (SSSR count). The molecule has 0 aliphatic heterocycles. The summed E-state index contributed by atoms with van der Waals surface area (Å²) in [5.74, 6) is 0. The maximum atomic E-state index is 4.95. The Morgan fingerprint density at radius 2 is 1.31 bits per heavy atom. The minimum Gasteiger partial charge on any atom is -0.369 e. The summed E-state index contributed by atoms with van der Waals surface area (Å²) in [5.41, 5.74) is 0. The first-order valence-corrected chi connectivity index (χ1v) is 6.61. The van der Waals surface area contributed by atoms with Crippen LogP contribution in [-0.4, -0.2) is 34.2 Å². The van der Waals surface area contributed by atoms with E-state index in [0.29, 0.717) is 0 Å². The van der Waals surface area contributed by atoms with Crippen LogP contribution in [0.25, 0.3) is 0 Å². The van der Waals surface area contributed by atoms with Crippen LogP contribution in [0.1, 0.15) is 7.43 Å². The van der Waals surface area contributed by atoms with Gasteiger partial charge in [0, 0.05) is 13.1 Å². The van der Waals surface area contributed by atoms with Crippen molar-refractivity contribution >= 4 is 56.6 Å². The van der Waals surface area contributed by atoms with Gasteiger partial charge in [-0.05, 0) is 12.5 Å². The number of hydrogen-bond acceptors (Lipinski definition) is 4. The van der Waals surface area contributed by atoms with Gasteiger partial charge in [-0.15, -0.1) is 23.5 Å². The van der Waals surface area contributed by atoms with Gasteiger partial charge in [-0.25, -0.2) is 0 Å². The lowest BCUT2D eigenvalue weighted by atomic mass is 10.6. The van der Waals surface area contributed by atoms with Crippen LogP contribution in [0.15, 0.2) is 0 Å². The van der Waals surface area contributed by atoms with E-state index in [2.05, 4.69) is 10.6 Å². The molecular weight excluding hydrogens is 240 g/mol. The van der Waals surface area contributed by atoms with Crippen LogP contribution in [0.2, 0.25) is 0 Å². The van der Waals surface area contributed by atoms with Gasteiger partial charge in [-0.3, -0.25) is 0 Å². The van der Waals surface area contributed by atoms with Crippen molar-refractivity contribution in [3.63, 3.8) is 0 Å². The molecule has 0 fully saturated rings. The molecule has 0 aromatic carbocycles. The van der Waals surface area contributed by atoms with Crippen LogP contribution >= 0.6 is 48.0 Å². The topological polar surface area (TPSA) is 24.1 Å². The van der Waals surface area contributed by atoms with Crippen molar-refractivity contribution in [1.29, 1.82) is 0 Å². The molecule has 0 atom stereocenters. The molecule has 78 valence electrons. The van der Waals surface area contributed by atoms with Gasteiger partial charge in [0.1, 0.15) is 8.64 Å². The number of thiocarbonyl (C=S) groups is 2. The van der Waals surface area contributed by atoms with E-state index in [1.807, 2.05) is 12.5 Å². The maximum Gasteiger partial charge on any atom is 0.133 e. The normalized spacial score (nSPS) is 8.46. The highest BCUT2D eigenvalue weighted by molar-refractivity contribution is 8.22. The minimum absolute atomic E-state index is 0. The zero-order valence-corrected chi connectivity index (χ0v) is 10.3. The van der Waals surface area contributed by atoms with Gasteiger partial charge in [0.25, 0.3) is 0 Å². The van der Waals surface area contributed by atoms with E-state index in [1.54, 1.807) is 23.5 Å². The van der Waals surface area contributed by atoms with Crippen LogP contribution in [0.4, 0.5) is 0 Å². The number of thioether (sulfide) groups is 2. The van der Waals surface area contributed by atoms with Gasteiger partial charge >= 0.3 is 0 Å². The molecule has 0 bridgehead atoms. The highest BCUT2D eigenvalue weighted by Crippen LogP contribution is 1.93. The van der Waals surface area contributed by atoms with Crippen LogP contribution in [-0.2, 0) is 0 Å². The molecule has 0 aliphatic carbocycles. The number of nitrogens with one attached hydrogen (secondary N) is 2. The number of rotatable bonds is 3. The third kappa shape index (κ3) is 10.4. The zero-order valence-electron chi connectivity index (χ0n) is 7.05. The predicted molar refractivity (Wildman–Crippen MR) is 75.0 cm³/mol. The van der Waals surface area contributed by atoms with Gasteiger partial charge in [-0.2, -0.15) is 0 Å². The fraction of sp³-hybridized carbons (Fsp3) is 0.714. The Kier molecular flexibility index (Phi) is 12.9. The first-order chi connectivity index (χ1) is 5.70. The summed E-state index contributed by atoms with van der Waals surface area (Å²) >= 11 is 13.0. The molecule has 2 N–H and O–H groups in total. The average Bonchev–Trinajstić information content (AvgIpc) is 2.11. The van der Waals surface area contributed by atoms with E-state index in [-0.39, 0.29) is 7.43 Å². The molecule has 0 saturated carbocycles. The van der Waals surface area contributed by atoms with Crippen molar-refractivity contribution in [3.8, 4) is 0 Å². The first-order valence-electron chi connectivity index (χ1n) is 3.34. The van der Waals surface area contributed by atoms with E-state index in [1.165, 1.54) is 0 Å². The highest BCUT2D eigenvalue weighted by Gasteiger charge is 1.93. The predicted octanol–water partition coefficient (Wildman–Crippen LogP) is 2.10. The van der Waals surface area contributed by atoms with Gasteiger partial charge in [0.15, 0.2) is 0 Å². The van der Waals surface area contributed by atoms with E-state index < -0.39 is 0 Å².